The van der Waals surface area contributed by atoms with Gasteiger partial charge in [0.15, 0.2) is 5.12 Å². The monoisotopic (exact) mass is 260 g/mol. The molecule has 0 aliphatic rings. The van der Waals surface area contributed by atoms with Crippen LogP contribution in [0.1, 0.15) is 18.7 Å². The minimum atomic E-state index is -1.34. The Labute approximate surface area is 102 Å². The highest BCUT2D eigenvalue weighted by Gasteiger charge is 2.22. The third kappa shape index (κ3) is 3.95. The second-order valence-corrected chi connectivity index (χ2v) is 4.64. The SMILES string of the molecule is CC(=O)SCC(O)C(O)c1ncc(F)cc1N. The van der Waals surface area contributed by atoms with Crippen LogP contribution in [0.25, 0.3) is 0 Å². The summed E-state index contributed by atoms with van der Waals surface area (Å²) in [4.78, 5) is 14.3. The molecule has 0 aliphatic carbocycles. The van der Waals surface area contributed by atoms with Gasteiger partial charge in [0.1, 0.15) is 11.9 Å². The van der Waals surface area contributed by atoms with Gasteiger partial charge in [-0.3, -0.25) is 9.78 Å². The summed E-state index contributed by atoms with van der Waals surface area (Å²) >= 11 is 0.880. The Hall–Kier alpha value is -1.18. The molecule has 17 heavy (non-hydrogen) atoms. The van der Waals surface area contributed by atoms with Crippen LogP contribution in [0.2, 0.25) is 0 Å². The normalized spacial score (nSPS) is 14.4. The number of pyridine rings is 1. The molecule has 0 radical (unpaired) electrons. The van der Waals surface area contributed by atoms with Crippen molar-refractivity contribution in [3.8, 4) is 0 Å². The topological polar surface area (TPSA) is 96.4 Å². The highest BCUT2D eigenvalue weighted by atomic mass is 32.2. The molecule has 0 aromatic carbocycles. The van der Waals surface area contributed by atoms with E-state index in [2.05, 4.69) is 4.98 Å². The summed E-state index contributed by atoms with van der Waals surface area (Å²) in [5.41, 5.74) is 5.43. The van der Waals surface area contributed by atoms with E-state index in [4.69, 9.17) is 5.73 Å². The molecule has 4 N–H and O–H groups in total. The molecule has 1 heterocycles. The maximum atomic E-state index is 12.7. The summed E-state index contributed by atoms with van der Waals surface area (Å²) in [6, 6.07) is 1.01. The molecular formula is C10H13FN2O3S. The van der Waals surface area contributed by atoms with Crippen molar-refractivity contribution in [1.29, 1.82) is 0 Å². The predicted molar refractivity (Wildman–Crippen MR) is 62.7 cm³/mol. The quantitative estimate of drug-likeness (QED) is 0.728. The molecule has 0 fully saturated rings. The molecule has 94 valence electrons. The molecule has 0 bridgehead atoms. The van der Waals surface area contributed by atoms with Crippen molar-refractivity contribution in [3.63, 3.8) is 0 Å². The van der Waals surface area contributed by atoms with Gasteiger partial charge in [0.25, 0.3) is 0 Å². The van der Waals surface area contributed by atoms with Crippen LogP contribution < -0.4 is 5.73 Å². The first kappa shape index (κ1) is 13.9. The first-order chi connectivity index (χ1) is 7.91. The summed E-state index contributed by atoms with van der Waals surface area (Å²) in [6.45, 7) is 1.36. The fraction of sp³-hybridized carbons (Fsp3) is 0.400. The third-order valence-electron chi connectivity index (χ3n) is 2.02. The molecule has 0 saturated heterocycles. The number of rotatable bonds is 4. The minimum Gasteiger partial charge on any atom is -0.397 e. The predicted octanol–water partition coefficient (Wildman–Crippen LogP) is 0.477. The van der Waals surface area contributed by atoms with Gasteiger partial charge < -0.3 is 15.9 Å². The zero-order chi connectivity index (χ0) is 13.0. The number of aromatic nitrogens is 1. The lowest BCUT2D eigenvalue weighted by atomic mass is 10.1. The molecule has 1 aromatic rings. The summed E-state index contributed by atoms with van der Waals surface area (Å²) in [6.07, 6.45) is -1.63. The number of anilines is 1. The second kappa shape index (κ2) is 5.95. The Kier molecular flexibility index (Phi) is 4.86. The highest BCUT2D eigenvalue weighted by molar-refractivity contribution is 8.13. The van der Waals surface area contributed by atoms with Gasteiger partial charge in [-0.25, -0.2) is 4.39 Å². The standard InChI is InChI=1S/C10H13FN2O3S/c1-5(14)17-4-8(15)10(16)9-7(12)2-6(11)3-13-9/h2-3,8,10,15-16H,4,12H2,1H3. The minimum absolute atomic E-state index is 0.00283. The van der Waals surface area contributed by atoms with E-state index in [9.17, 15) is 19.4 Å². The van der Waals surface area contributed by atoms with E-state index < -0.39 is 18.0 Å². The summed E-state index contributed by atoms with van der Waals surface area (Å²) in [7, 11) is 0. The average molecular weight is 260 g/mol. The van der Waals surface area contributed by atoms with Crippen LogP contribution in [0.15, 0.2) is 12.3 Å². The van der Waals surface area contributed by atoms with E-state index in [-0.39, 0.29) is 22.2 Å². The lowest BCUT2D eigenvalue weighted by Gasteiger charge is -2.17. The Bertz CT molecular complexity index is 417. The number of aliphatic hydroxyl groups is 2. The van der Waals surface area contributed by atoms with Crippen LogP contribution >= 0.6 is 11.8 Å². The Morgan fingerprint density at radius 1 is 1.65 bits per heavy atom. The molecule has 0 spiro atoms. The summed E-state index contributed by atoms with van der Waals surface area (Å²) in [5.74, 6) is -0.597. The maximum Gasteiger partial charge on any atom is 0.185 e. The fourth-order valence-electron chi connectivity index (χ4n) is 1.19. The molecular weight excluding hydrogens is 247 g/mol. The second-order valence-electron chi connectivity index (χ2n) is 3.44. The zero-order valence-electron chi connectivity index (χ0n) is 9.13. The van der Waals surface area contributed by atoms with Gasteiger partial charge in [0.05, 0.1) is 23.7 Å². The van der Waals surface area contributed by atoms with Crippen molar-refractivity contribution in [1.82, 2.24) is 4.98 Å². The first-order valence-corrected chi connectivity index (χ1v) is 5.80. The van der Waals surface area contributed by atoms with Crippen molar-refractivity contribution >= 4 is 22.6 Å². The number of thioether (sulfide) groups is 1. The van der Waals surface area contributed by atoms with Crippen LogP contribution in [0.4, 0.5) is 10.1 Å². The number of halogens is 1. The number of hydrogen-bond acceptors (Lipinski definition) is 6. The van der Waals surface area contributed by atoms with Crippen LogP contribution in [0.3, 0.4) is 0 Å². The van der Waals surface area contributed by atoms with Gasteiger partial charge in [0, 0.05) is 18.7 Å². The summed E-state index contributed by atoms with van der Waals surface area (Å²) < 4.78 is 12.7. The fourth-order valence-corrected chi connectivity index (χ4v) is 1.78. The van der Waals surface area contributed by atoms with Crippen molar-refractivity contribution in [3.05, 3.63) is 23.8 Å². The largest absolute Gasteiger partial charge is 0.397 e. The van der Waals surface area contributed by atoms with Crippen molar-refractivity contribution in [2.24, 2.45) is 0 Å². The van der Waals surface area contributed by atoms with Gasteiger partial charge >= 0.3 is 0 Å². The molecule has 0 amide bonds. The van der Waals surface area contributed by atoms with Crippen LogP contribution in [0.5, 0.6) is 0 Å². The number of aliphatic hydroxyl groups excluding tert-OH is 2. The maximum absolute atomic E-state index is 12.7. The molecule has 1 aromatic heterocycles. The van der Waals surface area contributed by atoms with Gasteiger partial charge in [-0.1, -0.05) is 11.8 Å². The Morgan fingerprint density at radius 2 is 2.29 bits per heavy atom. The van der Waals surface area contributed by atoms with Crippen LogP contribution in [0, 0.1) is 5.82 Å². The number of hydrogen-bond donors (Lipinski definition) is 3. The van der Waals surface area contributed by atoms with E-state index in [0.717, 1.165) is 24.0 Å². The molecule has 2 unspecified atom stereocenters. The van der Waals surface area contributed by atoms with E-state index >= 15 is 0 Å². The van der Waals surface area contributed by atoms with E-state index in [1.165, 1.54) is 6.92 Å². The van der Waals surface area contributed by atoms with Crippen molar-refractivity contribution in [2.45, 2.75) is 19.1 Å². The van der Waals surface area contributed by atoms with Gasteiger partial charge in [-0.15, -0.1) is 0 Å². The van der Waals surface area contributed by atoms with Crippen LogP contribution in [-0.4, -0.2) is 32.2 Å². The number of carbonyl (C=O) groups excluding carboxylic acids is 1. The highest BCUT2D eigenvalue weighted by Crippen LogP contribution is 2.23. The summed E-state index contributed by atoms with van der Waals surface area (Å²) in [5, 5.41) is 19.2. The molecule has 1 rings (SSSR count). The van der Waals surface area contributed by atoms with Gasteiger partial charge in [0.2, 0.25) is 0 Å². The van der Waals surface area contributed by atoms with Crippen molar-refractivity contribution in [2.75, 3.05) is 11.5 Å². The number of nitrogens with zero attached hydrogens (tertiary/aromatic N) is 1. The van der Waals surface area contributed by atoms with E-state index in [1.807, 2.05) is 0 Å². The molecule has 0 aliphatic heterocycles. The average Bonchev–Trinajstić information content (AvgIpc) is 2.25. The smallest absolute Gasteiger partial charge is 0.185 e. The zero-order valence-corrected chi connectivity index (χ0v) is 9.95. The van der Waals surface area contributed by atoms with E-state index in [1.54, 1.807) is 0 Å². The molecule has 0 saturated carbocycles. The van der Waals surface area contributed by atoms with Gasteiger partial charge in [-0.05, 0) is 0 Å². The van der Waals surface area contributed by atoms with Gasteiger partial charge in [-0.2, -0.15) is 0 Å². The Balaban J connectivity index is 2.74. The number of nitrogens with two attached hydrogens (primary N) is 1. The molecule has 5 nitrogen and oxygen atoms in total. The number of carbonyl (C=O) groups is 1. The third-order valence-corrected chi connectivity index (χ3v) is 2.93. The lowest BCUT2D eigenvalue weighted by molar-refractivity contribution is -0.109. The van der Waals surface area contributed by atoms with E-state index in [0.29, 0.717) is 0 Å². The Morgan fingerprint density at radius 3 is 2.82 bits per heavy atom. The first-order valence-electron chi connectivity index (χ1n) is 4.82. The molecule has 2 atom stereocenters. The molecule has 7 heteroatoms. The lowest BCUT2D eigenvalue weighted by Crippen LogP contribution is -2.23. The van der Waals surface area contributed by atoms with Crippen LogP contribution in [-0.2, 0) is 4.79 Å². The van der Waals surface area contributed by atoms with Crippen molar-refractivity contribution < 1.29 is 19.4 Å². The number of nitrogen functional groups attached to an aromatic ring is 1.